The summed E-state index contributed by atoms with van der Waals surface area (Å²) < 4.78 is 0. The van der Waals surface area contributed by atoms with Crippen LogP contribution in [-0.2, 0) is 16.0 Å². The molecular weight excluding hydrogens is 254 g/mol. The molecule has 0 saturated heterocycles. The Morgan fingerprint density at radius 2 is 2.00 bits per heavy atom. The molecule has 96 valence electrons. The summed E-state index contributed by atoms with van der Waals surface area (Å²) >= 11 is 5.99. The van der Waals surface area contributed by atoms with Crippen LogP contribution in [0.25, 0.3) is 0 Å². The van der Waals surface area contributed by atoms with Crippen LogP contribution in [-0.4, -0.2) is 34.5 Å². The second kappa shape index (κ2) is 5.40. The molecule has 0 aliphatic heterocycles. The third-order valence-corrected chi connectivity index (χ3v) is 3.28. The molecule has 0 unspecified atom stereocenters. The van der Waals surface area contributed by atoms with Crippen LogP contribution in [0.15, 0.2) is 24.3 Å². The topological polar surface area (TPSA) is 57.6 Å². The van der Waals surface area contributed by atoms with Crippen molar-refractivity contribution in [3.63, 3.8) is 0 Å². The van der Waals surface area contributed by atoms with E-state index in [9.17, 15) is 9.59 Å². The summed E-state index contributed by atoms with van der Waals surface area (Å²) in [7, 11) is 0. The maximum absolute atomic E-state index is 12.1. The third-order valence-electron chi connectivity index (χ3n) is 2.91. The minimum atomic E-state index is -0.977. The molecule has 2 rings (SSSR count). The molecule has 1 aliphatic carbocycles. The van der Waals surface area contributed by atoms with Gasteiger partial charge in [-0.3, -0.25) is 9.59 Å². The van der Waals surface area contributed by atoms with E-state index in [1.807, 2.05) is 6.07 Å². The lowest BCUT2D eigenvalue weighted by molar-refractivity contribution is -0.144. The van der Waals surface area contributed by atoms with E-state index in [0.717, 1.165) is 18.4 Å². The predicted molar refractivity (Wildman–Crippen MR) is 67.5 cm³/mol. The van der Waals surface area contributed by atoms with E-state index < -0.39 is 5.97 Å². The molecule has 0 atom stereocenters. The lowest BCUT2D eigenvalue weighted by Crippen LogP contribution is -2.38. The SMILES string of the molecule is O=C(O)CN(C(=O)Cc1ccccc1Cl)C1CC1. The number of rotatable bonds is 5. The highest BCUT2D eigenvalue weighted by Gasteiger charge is 2.33. The number of benzene rings is 1. The Labute approximate surface area is 110 Å². The van der Waals surface area contributed by atoms with E-state index in [-0.39, 0.29) is 24.9 Å². The molecule has 1 fully saturated rings. The first kappa shape index (κ1) is 12.9. The maximum Gasteiger partial charge on any atom is 0.323 e. The first-order valence-corrected chi connectivity index (χ1v) is 6.20. The summed E-state index contributed by atoms with van der Waals surface area (Å²) in [5.74, 6) is -1.15. The highest BCUT2D eigenvalue weighted by molar-refractivity contribution is 6.31. The fourth-order valence-electron chi connectivity index (χ4n) is 1.86. The first-order valence-electron chi connectivity index (χ1n) is 5.82. The Bertz CT molecular complexity index is 471. The molecule has 1 N–H and O–H groups in total. The summed E-state index contributed by atoms with van der Waals surface area (Å²) in [6.07, 6.45) is 1.94. The molecule has 0 heterocycles. The van der Waals surface area contributed by atoms with Crippen molar-refractivity contribution in [3.05, 3.63) is 34.9 Å². The minimum absolute atomic E-state index is 0.0936. The van der Waals surface area contributed by atoms with Gasteiger partial charge in [0.05, 0.1) is 6.42 Å². The van der Waals surface area contributed by atoms with Gasteiger partial charge in [-0.2, -0.15) is 0 Å². The molecular formula is C13H14ClNO3. The molecule has 1 aromatic rings. The van der Waals surface area contributed by atoms with Crippen LogP contribution in [0.1, 0.15) is 18.4 Å². The number of carboxylic acid groups (broad SMARTS) is 1. The van der Waals surface area contributed by atoms with Gasteiger partial charge in [0.2, 0.25) is 5.91 Å². The number of hydrogen-bond acceptors (Lipinski definition) is 2. The molecule has 5 heteroatoms. The van der Waals surface area contributed by atoms with Gasteiger partial charge in [0.15, 0.2) is 0 Å². The van der Waals surface area contributed by atoms with Crippen LogP contribution in [0.4, 0.5) is 0 Å². The molecule has 4 nitrogen and oxygen atoms in total. The number of halogens is 1. The highest BCUT2D eigenvalue weighted by atomic mass is 35.5. The average molecular weight is 268 g/mol. The zero-order valence-corrected chi connectivity index (χ0v) is 10.6. The first-order chi connectivity index (χ1) is 8.58. The van der Waals surface area contributed by atoms with Crippen molar-refractivity contribution < 1.29 is 14.7 Å². The van der Waals surface area contributed by atoms with Gasteiger partial charge < -0.3 is 10.0 Å². The molecule has 0 radical (unpaired) electrons. The summed E-state index contributed by atoms with van der Waals surface area (Å²) in [5, 5.41) is 9.35. The second-order valence-electron chi connectivity index (χ2n) is 4.41. The van der Waals surface area contributed by atoms with E-state index >= 15 is 0 Å². The van der Waals surface area contributed by atoms with E-state index in [1.54, 1.807) is 18.2 Å². The zero-order chi connectivity index (χ0) is 13.1. The van der Waals surface area contributed by atoms with Crippen LogP contribution in [0.2, 0.25) is 5.02 Å². The van der Waals surface area contributed by atoms with E-state index in [2.05, 4.69) is 0 Å². The Morgan fingerprint density at radius 3 is 2.56 bits per heavy atom. The largest absolute Gasteiger partial charge is 0.480 e. The molecule has 0 bridgehead atoms. The normalized spacial score (nSPS) is 14.3. The van der Waals surface area contributed by atoms with Crippen molar-refractivity contribution in [2.75, 3.05) is 6.54 Å². The Hall–Kier alpha value is -1.55. The quantitative estimate of drug-likeness (QED) is 0.887. The number of aliphatic carboxylic acids is 1. The second-order valence-corrected chi connectivity index (χ2v) is 4.82. The smallest absolute Gasteiger partial charge is 0.323 e. The molecule has 1 aromatic carbocycles. The number of amides is 1. The van der Waals surface area contributed by atoms with Gasteiger partial charge in [0.1, 0.15) is 6.54 Å². The highest BCUT2D eigenvalue weighted by Crippen LogP contribution is 2.27. The van der Waals surface area contributed by atoms with Gasteiger partial charge in [0.25, 0.3) is 0 Å². The minimum Gasteiger partial charge on any atom is -0.480 e. The average Bonchev–Trinajstić information content (AvgIpc) is 3.12. The van der Waals surface area contributed by atoms with E-state index in [4.69, 9.17) is 16.7 Å². The van der Waals surface area contributed by atoms with Crippen LogP contribution >= 0.6 is 11.6 Å². The van der Waals surface area contributed by atoms with Gasteiger partial charge in [-0.15, -0.1) is 0 Å². The summed E-state index contributed by atoms with van der Waals surface area (Å²) in [4.78, 5) is 24.3. The van der Waals surface area contributed by atoms with Crippen molar-refractivity contribution in [3.8, 4) is 0 Å². The summed E-state index contributed by atoms with van der Waals surface area (Å²) in [6, 6.07) is 7.21. The molecule has 18 heavy (non-hydrogen) atoms. The zero-order valence-electron chi connectivity index (χ0n) is 9.80. The number of hydrogen-bond donors (Lipinski definition) is 1. The third kappa shape index (κ3) is 3.23. The standard InChI is InChI=1S/C13H14ClNO3/c14-11-4-2-1-3-9(11)7-12(16)15(8-13(17)18)10-5-6-10/h1-4,10H,5-8H2,(H,17,18). The fraction of sp³-hybridized carbons (Fsp3) is 0.385. The van der Waals surface area contributed by atoms with Gasteiger partial charge in [0, 0.05) is 11.1 Å². The predicted octanol–water partition coefficient (Wildman–Crippen LogP) is 1.96. The van der Waals surface area contributed by atoms with Crippen molar-refractivity contribution in [2.45, 2.75) is 25.3 Å². The maximum atomic E-state index is 12.1. The lowest BCUT2D eigenvalue weighted by atomic mass is 10.1. The van der Waals surface area contributed by atoms with Gasteiger partial charge in [-0.05, 0) is 24.5 Å². The number of carbonyl (C=O) groups excluding carboxylic acids is 1. The van der Waals surface area contributed by atoms with Crippen molar-refractivity contribution >= 4 is 23.5 Å². The van der Waals surface area contributed by atoms with Crippen LogP contribution in [0, 0.1) is 0 Å². The molecule has 1 saturated carbocycles. The van der Waals surface area contributed by atoms with Crippen LogP contribution in [0.5, 0.6) is 0 Å². The van der Waals surface area contributed by atoms with Crippen molar-refractivity contribution in [1.82, 2.24) is 4.90 Å². The molecule has 1 amide bonds. The van der Waals surface area contributed by atoms with Crippen LogP contribution < -0.4 is 0 Å². The summed E-state index contributed by atoms with van der Waals surface area (Å²) in [6.45, 7) is -0.228. The van der Waals surface area contributed by atoms with Crippen molar-refractivity contribution in [2.24, 2.45) is 0 Å². The van der Waals surface area contributed by atoms with Crippen molar-refractivity contribution in [1.29, 1.82) is 0 Å². The van der Waals surface area contributed by atoms with Gasteiger partial charge in [-0.25, -0.2) is 0 Å². The van der Waals surface area contributed by atoms with Crippen LogP contribution in [0.3, 0.4) is 0 Å². The Kier molecular flexibility index (Phi) is 3.87. The number of carbonyl (C=O) groups is 2. The monoisotopic (exact) mass is 267 g/mol. The summed E-state index contributed by atoms with van der Waals surface area (Å²) in [5.41, 5.74) is 0.736. The number of carboxylic acids is 1. The van der Waals surface area contributed by atoms with E-state index in [0.29, 0.717) is 5.02 Å². The lowest BCUT2D eigenvalue weighted by Gasteiger charge is -2.20. The molecule has 0 aromatic heterocycles. The Balaban J connectivity index is 2.05. The fourth-order valence-corrected chi connectivity index (χ4v) is 2.06. The van der Waals surface area contributed by atoms with Gasteiger partial charge >= 0.3 is 5.97 Å². The Morgan fingerprint density at radius 1 is 1.33 bits per heavy atom. The molecule has 0 spiro atoms. The molecule has 1 aliphatic rings. The number of nitrogens with zero attached hydrogens (tertiary/aromatic N) is 1. The van der Waals surface area contributed by atoms with Gasteiger partial charge in [-0.1, -0.05) is 29.8 Å². The van der Waals surface area contributed by atoms with E-state index in [1.165, 1.54) is 4.90 Å².